The Hall–Kier alpha value is -1.07. The molecule has 5 heteroatoms. The molecule has 1 aromatic carbocycles. The summed E-state index contributed by atoms with van der Waals surface area (Å²) in [6.45, 7) is 0. The molecule has 0 fully saturated rings. The van der Waals surface area contributed by atoms with Crippen LogP contribution in [0.2, 0.25) is 0 Å². The zero-order valence-electron chi connectivity index (χ0n) is 9.32. The summed E-state index contributed by atoms with van der Waals surface area (Å²) in [6, 6.07) is 6.37. The number of halogens is 2. The molecule has 0 bridgehead atoms. The van der Waals surface area contributed by atoms with Crippen molar-refractivity contribution in [1.82, 2.24) is 4.98 Å². The Balaban J connectivity index is 1.94. The fraction of sp³-hybridized carbons (Fsp3) is 0.231. The van der Waals surface area contributed by atoms with Crippen molar-refractivity contribution in [3.63, 3.8) is 0 Å². The number of fused-ring (bicyclic) bond motifs is 1. The Morgan fingerprint density at radius 2 is 2.00 bits per heavy atom. The van der Waals surface area contributed by atoms with Gasteiger partial charge in [-0.3, -0.25) is 4.79 Å². The van der Waals surface area contributed by atoms with Gasteiger partial charge in [-0.15, -0.1) is 11.3 Å². The number of hydrogen-bond acceptors (Lipinski definition) is 3. The van der Waals surface area contributed by atoms with Crippen LogP contribution in [-0.4, -0.2) is 10.8 Å². The second-order valence-electron chi connectivity index (χ2n) is 4.32. The molecule has 1 aliphatic rings. The van der Waals surface area contributed by atoms with Crippen LogP contribution in [0, 0.1) is 5.82 Å². The minimum atomic E-state index is -0.252. The van der Waals surface area contributed by atoms with Gasteiger partial charge in [-0.2, -0.15) is 0 Å². The number of nitrogens with zero attached hydrogens (tertiary/aromatic N) is 1. The van der Waals surface area contributed by atoms with Crippen molar-refractivity contribution in [2.45, 2.75) is 18.8 Å². The summed E-state index contributed by atoms with van der Waals surface area (Å²) in [6.07, 6.45) is 1.22. The number of hydrogen-bond donors (Lipinski definition) is 0. The van der Waals surface area contributed by atoms with E-state index in [0.29, 0.717) is 6.42 Å². The average Bonchev–Trinajstić information content (AvgIpc) is 2.71. The zero-order valence-corrected chi connectivity index (χ0v) is 11.7. The maximum absolute atomic E-state index is 12.9. The maximum atomic E-state index is 12.9. The van der Waals surface area contributed by atoms with Crippen LogP contribution >= 0.6 is 27.3 Å². The fourth-order valence-electron chi connectivity index (χ4n) is 2.27. The molecule has 1 aromatic heterocycles. The first-order valence-electron chi connectivity index (χ1n) is 5.57. The second-order valence-corrected chi connectivity index (χ2v) is 6.60. The molecule has 1 aliphatic carbocycles. The molecule has 92 valence electrons. The first-order chi connectivity index (χ1) is 8.63. The van der Waals surface area contributed by atoms with Gasteiger partial charge in [-0.1, -0.05) is 12.1 Å². The molecule has 18 heavy (non-hydrogen) atoms. The Kier molecular flexibility index (Phi) is 3.03. The maximum Gasteiger partial charge on any atom is 0.175 e. The lowest BCUT2D eigenvalue weighted by Crippen LogP contribution is -2.17. The van der Waals surface area contributed by atoms with Gasteiger partial charge in [0.25, 0.3) is 0 Å². The number of thiazole rings is 1. The summed E-state index contributed by atoms with van der Waals surface area (Å²) >= 11 is 4.71. The highest BCUT2D eigenvalue weighted by atomic mass is 79.9. The summed E-state index contributed by atoms with van der Waals surface area (Å²) in [7, 11) is 0. The molecule has 1 heterocycles. The molecule has 0 saturated heterocycles. The molecule has 0 radical (unpaired) electrons. The Bertz CT molecular complexity index is 608. The van der Waals surface area contributed by atoms with Crippen LogP contribution in [0.3, 0.4) is 0 Å². The topological polar surface area (TPSA) is 30.0 Å². The Labute approximate surface area is 116 Å². The first kappa shape index (κ1) is 12.0. The number of carbonyl (C=O) groups excluding carboxylic acids is 1. The van der Waals surface area contributed by atoms with Crippen molar-refractivity contribution < 1.29 is 9.18 Å². The van der Waals surface area contributed by atoms with Crippen molar-refractivity contribution in [3.05, 3.63) is 50.1 Å². The highest BCUT2D eigenvalue weighted by molar-refractivity contribution is 9.11. The molecular formula is C13H9BrFNOS. The fourth-order valence-corrected chi connectivity index (χ4v) is 3.74. The van der Waals surface area contributed by atoms with Crippen molar-refractivity contribution in [1.29, 1.82) is 0 Å². The molecule has 0 N–H and O–H groups in total. The summed E-state index contributed by atoms with van der Waals surface area (Å²) < 4.78 is 13.6. The smallest absolute Gasteiger partial charge is 0.175 e. The summed E-state index contributed by atoms with van der Waals surface area (Å²) in [5, 5.41) is 0. The van der Waals surface area contributed by atoms with Gasteiger partial charge in [0.15, 0.2) is 9.70 Å². The molecule has 1 atom stereocenters. The van der Waals surface area contributed by atoms with E-state index in [1.54, 1.807) is 12.1 Å². The summed E-state index contributed by atoms with van der Waals surface area (Å²) in [5.41, 5.74) is 1.86. The molecule has 0 unspecified atom stereocenters. The third-order valence-electron chi connectivity index (χ3n) is 3.14. The predicted octanol–water partition coefficient (Wildman–Crippen LogP) is 3.96. The molecular weight excluding hydrogens is 317 g/mol. The first-order valence-corrected chi connectivity index (χ1v) is 7.18. The monoisotopic (exact) mass is 325 g/mol. The van der Waals surface area contributed by atoms with E-state index in [4.69, 9.17) is 0 Å². The lowest BCUT2D eigenvalue weighted by atomic mass is 9.85. The van der Waals surface area contributed by atoms with Crippen molar-refractivity contribution >= 4 is 33.0 Å². The standard InChI is InChI=1S/C13H9BrFNOS/c14-13-16-10-5-8(6-11(17)12(10)18-13)7-1-3-9(15)4-2-7/h1-4,8H,5-6H2/t8-/m0/s1. The quantitative estimate of drug-likeness (QED) is 0.794. The molecule has 2 aromatic rings. The highest BCUT2D eigenvalue weighted by Crippen LogP contribution is 2.36. The summed E-state index contributed by atoms with van der Waals surface area (Å²) in [5.74, 6) is -0.00801. The second kappa shape index (κ2) is 4.55. The number of rotatable bonds is 1. The summed E-state index contributed by atoms with van der Waals surface area (Å²) in [4.78, 5) is 17.1. The van der Waals surface area contributed by atoms with Gasteiger partial charge < -0.3 is 0 Å². The highest BCUT2D eigenvalue weighted by Gasteiger charge is 2.29. The van der Waals surface area contributed by atoms with E-state index in [1.807, 2.05) is 0 Å². The number of Topliss-reactive ketones (excluding diaryl/α,β-unsaturated/α-hetero) is 1. The number of carbonyl (C=O) groups is 1. The van der Waals surface area contributed by atoms with E-state index in [0.717, 1.165) is 26.5 Å². The van der Waals surface area contributed by atoms with Gasteiger partial charge in [-0.25, -0.2) is 9.37 Å². The molecule has 0 saturated carbocycles. The Morgan fingerprint density at radius 3 is 2.72 bits per heavy atom. The van der Waals surface area contributed by atoms with Gasteiger partial charge >= 0.3 is 0 Å². The van der Waals surface area contributed by atoms with Crippen LogP contribution in [0.15, 0.2) is 28.2 Å². The van der Waals surface area contributed by atoms with Crippen LogP contribution in [0.5, 0.6) is 0 Å². The minimum absolute atomic E-state index is 0.111. The zero-order chi connectivity index (χ0) is 12.7. The lowest BCUT2D eigenvalue weighted by molar-refractivity contribution is 0.0968. The van der Waals surface area contributed by atoms with Gasteiger partial charge in [0.1, 0.15) is 5.82 Å². The Morgan fingerprint density at radius 1 is 1.28 bits per heavy atom. The third-order valence-corrected chi connectivity index (χ3v) is 4.73. The van der Waals surface area contributed by atoms with E-state index < -0.39 is 0 Å². The molecule has 0 amide bonds. The van der Waals surface area contributed by atoms with Crippen LogP contribution < -0.4 is 0 Å². The number of ketones is 1. The average molecular weight is 326 g/mol. The van der Waals surface area contributed by atoms with Gasteiger partial charge in [0, 0.05) is 6.42 Å². The van der Waals surface area contributed by atoms with Crippen molar-refractivity contribution in [2.75, 3.05) is 0 Å². The van der Waals surface area contributed by atoms with Crippen LogP contribution in [0.4, 0.5) is 4.39 Å². The number of benzene rings is 1. The van der Waals surface area contributed by atoms with Gasteiger partial charge in [0.05, 0.1) is 10.6 Å². The predicted molar refractivity (Wildman–Crippen MR) is 71.6 cm³/mol. The lowest BCUT2D eigenvalue weighted by Gasteiger charge is -2.20. The van der Waals surface area contributed by atoms with E-state index in [1.165, 1.54) is 23.5 Å². The van der Waals surface area contributed by atoms with Gasteiger partial charge in [-0.05, 0) is 46.0 Å². The minimum Gasteiger partial charge on any atom is -0.293 e. The van der Waals surface area contributed by atoms with E-state index in [-0.39, 0.29) is 17.5 Å². The normalized spacial score (nSPS) is 18.8. The largest absolute Gasteiger partial charge is 0.293 e. The van der Waals surface area contributed by atoms with E-state index in [2.05, 4.69) is 20.9 Å². The molecule has 2 nitrogen and oxygen atoms in total. The SMILES string of the molecule is O=C1C[C@@H](c2ccc(F)cc2)Cc2nc(Br)sc21. The number of aromatic nitrogens is 1. The van der Waals surface area contributed by atoms with Crippen molar-refractivity contribution in [2.24, 2.45) is 0 Å². The van der Waals surface area contributed by atoms with Gasteiger partial charge in [0.2, 0.25) is 0 Å². The van der Waals surface area contributed by atoms with Crippen LogP contribution in [0.1, 0.15) is 33.3 Å². The molecule has 0 spiro atoms. The third kappa shape index (κ3) is 2.12. The van der Waals surface area contributed by atoms with E-state index >= 15 is 0 Å². The molecule has 0 aliphatic heterocycles. The van der Waals surface area contributed by atoms with Crippen LogP contribution in [0.25, 0.3) is 0 Å². The van der Waals surface area contributed by atoms with Crippen molar-refractivity contribution in [3.8, 4) is 0 Å². The van der Waals surface area contributed by atoms with Crippen LogP contribution in [-0.2, 0) is 6.42 Å². The van der Waals surface area contributed by atoms with E-state index in [9.17, 15) is 9.18 Å². The molecule has 3 rings (SSSR count).